The van der Waals surface area contributed by atoms with Crippen LogP contribution in [0.4, 0.5) is 0 Å². The Balaban J connectivity index is 0.00000192. The number of likely N-dealkylation sites (tertiary alicyclic amines) is 2. The van der Waals surface area contributed by atoms with Crippen LogP contribution in [0.15, 0.2) is 30.3 Å². The quantitative estimate of drug-likeness (QED) is 0.841. The lowest BCUT2D eigenvalue weighted by Crippen LogP contribution is -2.48. The first-order valence-corrected chi connectivity index (χ1v) is 8.84. The Morgan fingerprint density at radius 1 is 1.09 bits per heavy atom. The van der Waals surface area contributed by atoms with Crippen molar-refractivity contribution in [2.24, 2.45) is 5.92 Å². The molecule has 1 aromatic rings. The van der Waals surface area contributed by atoms with Gasteiger partial charge in [-0.25, -0.2) is 0 Å². The summed E-state index contributed by atoms with van der Waals surface area (Å²) in [4.78, 5) is 17.2. The van der Waals surface area contributed by atoms with Gasteiger partial charge in [0.15, 0.2) is 0 Å². The minimum absolute atomic E-state index is 0. The van der Waals surface area contributed by atoms with E-state index in [1.807, 2.05) is 0 Å². The van der Waals surface area contributed by atoms with Gasteiger partial charge in [0.1, 0.15) is 0 Å². The largest absolute Gasteiger partial charge is 0.341 e. The van der Waals surface area contributed by atoms with Crippen LogP contribution in [0, 0.1) is 5.92 Å². The molecule has 0 spiro atoms. The van der Waals surface area contributed by atoms with Crippen LogP contribution in [0.1, 0.15) is 38.2 Å². The third-order valence-electron chi connectivity index (χ3n) is 5.35. The van der Waals surface area contributed by atoms with Crippen LogP contribution in [0.25, 0.3) is 0 Å². The number of rotatable bonds is 4. The van der Waals surface area contributed by atoms with Gasteiger partial charge in [-0.15, -0.1) is 12.4 Å². The van der Waals surface area contributed by atoms with E-state index >= 15 is 0 Å². The standard InChI is InChI=1S/C19H28N2O.ClH/c1-2-20-12-6-9-18(20)19(22)21-13-10-17(11-14-21)15-16-7-4-3-5-8-16;/h3-5,7-8,17-18H,2,6,9-15H2,1H3;1H/t18-;/m0./s1. The van der Waals surface area contributed by atoms with Crippen molar-refractivity contribution >= 4 is 18.3 Å². The molecule has 2 fully saturated rings. The lowest BCUT2D eigenvalue weighted by Gasteiger charge is -2.35. The number of nitrogens with zero attached hydrogens (tertiary/aromatic N) is 2. The number of likely N-dealkylation sites (N-methyl/N-ethyl adjacent to an activating group) is 1. The van der Waals surface area contributed by atoms with E-state index < -0.39 is 0 Å². The summed E-state index contributed by atoms with van der Waals surface area (Å²) in [5, 5.41) is 0. The lowest BCUT2D eigenvalue weighted by atomic mass is 9.90. The maximum Gasteiger partial charge on any atom is 0.239 e. The van der Waals surface area contributed by atoms with Crippen molar-refractivity contribution in [1.82, 2.24) is 9.80 Å². The molecule has 2 heterocycles. The van der Waals surface area contributed by atoms with Crippen LogP contribution in [0.3, 0.4) is 0 Å². The minimum Gasteiger partial charge on any atom is -0.341 e. The van der Waals surface area contributed by atoms with Gasteiger partial charge in [0, 0.05) is 13.1 Å². The predicted molar refractivity (Wildman–Crippen MR) is 97.0 cm³/mol. The summed E-state index contributed by atoms with van der Waals surface area (Å²) in [6.45, 7) is 6.16. The fraction of sp³-hybridized carbons (Fsp3) is 0.632. The van der Waals surface area contributed by atoms with Gasteiger partial charge in [0.05, 0.1) is 6.04 Å². The fourth-order valence-electron chi connectivity index (χ4n) is 4.00. The fourth-order valence-corrected chi connectivity index (χ4v) is 4.00. The molecule has 0 bridgehead atoms. The minimum atomic E-state index is 0. The Morgan fingerprint density at radius 3 is 2.43 bits per heavy atom. The van der Waals surface area contributed by atoms with Gasteiger partial charge in [0.25, 0.3) is 0 Å². The van der Waals surface area contributed by atoms with Crippen molar-refractivity contribution in [3.05, 3.63) is 35.9 Å². The molecule has 1 atom stereocenters. The Hall–Kier alpha value is -1.06. The number of amides is 1. The van der Waals surface area contributed by atoms with E-state index in [-0.39, 0.29) is 18.4 Å². The zero-order valence-corrected chi connectivity index (χ0v) is 14.9. The van der Waals surface area contributed by atoms with Gasteiger partial charge in [-0.3, -0.25) is 9.69 Å². The molecule has 2 aliphatic rings. The van der Waals surface area contributed by atoms with Crippen LogP contribution in [0.5, 0.6) is 0 Å². The van der Waals surface area contributed by atoms with Crippen molar-refractivity contribution in [3.8, 4) is 0 Å². The van der Waals surface area contributed by atoms with Crippen molar-refractivity contribution in [2.45, 2.75) is 45.1 Å². The normalized spacial score (nSPS) is 22.8. The summed E-state index contributed by atoms with van der Waals surface area (Å²) in [6.07, 6.45) is 5.69. The van der Waals surface area contributed by atoms with E-state index in [9.17, 15) is 4.79 Å². The number of benzene rings is 1. The van der Waals surface area contributed by atoms with Crippen molar-refractivity contribution in [1.29, 1.82) is 0 Å². The van der Waals surface area contributed by atoms with E-state index in [2.05, 4.69) is 47.1 Å². The highest BCUT2D eigenvalue weighted by Gasteiger charge is 2.34. The molecule has 128 valence electrons. The number of carbonyl (C=O) groups is 1. The Bertz CT molecular complexity index is 485. The smallest absolute Gasteiger partial charge is 0.239 e. The second-order valence-electron chi connectivity index (χ2n) is 6.75. The van der Waals surface area contributed by atoms with Gasteiger partial charge in [0.2, 0.25) is 5.91 Å². The highest BCUT2D eigenvalue weighted by atomic mass is 35.5. The molecule has 0 saturated carbocycles. The summed E-state index contributed by atoms with van der Waals surface area (Å²) in [6, 6.07) is 10.9. The van der Waals surface area contributed by atoms with Crippen molar-refractivity contribution < 1.29 is 4.79 Å². The SMILES string of the molecule is CCN1CCC[C@H]1C(=O)N1CCC(Cc2ccccc2)CC1.Cl. The molecule has 4 heteroatoms. The van der Waals surface area contributed by atoms with Gasteiger partial charge in [-0.05, 0) is 56.7 Å². The second kappa shape index (κ2) is 8.70. The van der Waals surface area contributed by atoms with Crippen LogP contribution in [-0.2, 0) is 11.2 Å². The molecular weight excluding hydrogens is 308 g/mol. The maximum absolute atomic E-state index is 12.7. The summed E-state index contributed by atoms with van der Waals surface area (Å²) >= 11 is 0. The third kappa shape index (κ3) is 4.48. The summed E-state index contributed by atoms with van der Waals surface area (Å²) < 4.78 is 0. The van der Waals surface area contributed by atoms with Crippen LogP contribution in [0.2, 0.25) is 0 Å². The molecule has 0 N–H and O–H groups in total. The molecule has 23 heavy (non-hydrogen) atoms. The third-order valence-corrected chi connectivity index (χ3v) is 5.35. The van der Waals surface area contributed by atoms with E-state index in [1.54, 1.807) is 0 Å². The number of piperidine rings is 1. The average Bonchev–Trinajstić information content (AvgIpc) is 3.04. The van der Waals surface area contributed by atoms with E-state index in [1.165, 1.54) is 12.0 Å². The molecule has 0 radical (unpaired) electrons. The molecule has 1 aromatic carbocycles. The summed E-state index contributed by atoms with van der Waals surface area (Å²) in [5.74, 6) is 1.12. The van der Waals surface area contributed by atoms with Crippen LogP contribution < -0.4 is 0 Å². The Morgan fingerprint density at radius 2 is 1.78 bits per heavy atom. The number of halogens is 1. The molecule has 3 rings (SSSR count). The molecule has 2 saturated heterocycles. The van der Waals surface area contributed by atoms with E-state index in [0.29, 0.717) is 5.91 Å². The number of hydrogen-bond acceptors (Lipinski definition) is 2. The maximum atomic E-state index is 12.7. The van der Waals surface area contributed by atoms with Crippen molar-refractivity contribution in [2.75, 3.05) is 26.2 Å². The molecule has 2 aliphatic heterocycles. The highest BCUT2D eigenvalue weighted by Crippen LogP contribution is 2.25. The van der Waals surface area contributed by atoms with Gasteiger partial charge in [-0.2, -0.15) is 0 Å². The van der Waals surface area contributed by atoms with Gasteiger partial charge in [-0.1, -0.05) is 37.3 Å². The lowest BCUT2D eigenvalue weighted by molar-refractivity contribution is -0.137. The summed E-state index contributed by atoms with van der Waals surface area (Å²) in [7, 11) is 0. The van der Waals surface area contributed by atoms with Crippen molar-refractivity contribution in [3.63, 3.8) is 0 Å². The number of hydrogen-bond donors (Lipinski definition) is 0. The molecule has 0 aliphatic carbocycles. The molecule has 0 unspecified atom stereocenters. The molecule has 3 nitrogen and oxygen atoms in total. The zero-order valence-electron chi connectivity index (χ0n) is 14.1. The predicted octanol–water partition coefficient (Wildman–Crippen LogP) is 3.37. The zero-order chi connectivity index (χ0) is 15.4. The van der Waals surface area contributed by atoms with Crippen LogP contribution in [-0.4, -0.2) is 47.9 Å². The Labute approximate surface area is 146 Å². The first-order valence-electron chi connectivity index (χ1n) is 8.84. The molecule has 1 amide bonds. The molecular formula is C19H29ClN2O. The Kier molecular flexibility index (Phi) is 6.91. The first-order chi connectivity index (χ1) is 10.8. The monoisotopic (exact) mass is 336 g/mol. The first kappa shape index (κ1) is 18.3. The topological polar surface area (TPSA) is 23.6 Å². The number of carbonyl (C=O) groups excluding carboxylic acids is 1. The second-order valence-corrected chi connectivity index (χ2v) is 6.75. The van der Waals surface area contributed by atoms with E-state index in [0.717, 1.165) is 57.8 Å². The van der Waals surface area contributed by atoms with E-state index in [4.69, 9.17) is 0 Å². The van der Waals surface area contributed by atoms with Crippen LogP contribution >= 0.6 is 12.4 Å². The molecule has 0 aromatic heterocycles. The summed E-state index contributed by atoms with van der Waals surface area (Å²) in [5.41, 5.74) is 1.43. The average molecular weight is 337 g/mol. The highest BCUT2D eigenvalue weighted by molar-refractivity contribution is 5.85. The van der Waals surface area contributed by atoms with Gasteiger partial charge >= 0.3 is 0 Å². The van der Waals surface area contributed by atoms with Gasteiger partial charge < -0.3 is 4.90 Å².